The summed E-state index contributed by atoms with van der Waals surface area (Å²) in [5.41, 5.74) is 2.11. The maximum absolute atomic E-state index is 12.5. The van der Waals surface area contributed by atoms with Crippen molar-refractivity contribution in [3.8, 4) is 11.1 Å². The van der Waals surface area contributed by atoms with Crippen LogP contribution in [0.1, 0.15) is 10.4 Å². The molecular formula is C22H13Cl2NO3. The van der Waals surface area contributed by atoms with Gasteiger partial charge >= 0.3 is 5.63 Å². The Morgan fingerprint density at radius 2 is 1.64 bits per heavy atom. The van der Waals surface area contributed by atoms with Crippen LogP contribution in [0.2, 0.25) is 10.0 Å². The second-order valence-corrected chi connectivity index (χ2v) is 6.98. The first-order valence-electron chi connectivity index (χ1n) is 8.41. The highest BCUT2D eigenvalue weighted by Crippen LogP contribution is 2.26. The summed E-state index contributed by atoms with van der Waals surface area (Å²) in [6, 6.07) is 20.6. The Balaban J connectivity index is 1.61. The van der Waals surface area contributed by atoms with Gasteiger partial charge in [-0.05, 0) is 48.0 Å². The van der Waals surface area contributed by atoms with Crippen molar-refractivity contribution in [3.63, 3.8) is 0 Å². The van der Waals surface area contributed by atoms with Crippen molar-refractivity contribution in [2.75, 3.05) is 5.32 Å². The van der Waals surface area contributed by atoms with E-state index in [-0.39, 0.29) is 5.91 Å². The maximum Gasteiger partial charge on any atom is 0.344 e. The molecular weight excluding hydrogens is 397 g/mol. The van der Waals surface area contributed by atoms with E-state index >= 15 is 0 Å². The first-order chi connectivity index (χ1) is 13.5. The third kappa shape index (κ3) is 3.65. The standard InChI is InChI=1S/C22H13Cl2NO3/c23-16-9-10-19(18(24)12-16)25-21(26)14-7-5-13(6-8-14)17-11-15-3-1-2-4-20(15)28-22(17)27/h1-12H,(H,25,26). The van der Waals surface area contributed by atoms with Crippen LogP contribution in [-0.2, 0) is 0 Å². The van der Waals surface area contributed by atoms with Gasteiger partial charge in [0.15, 0.2) is 0 Å². The summed E-state index contributed by atoms with van der Waals surface area (Å²) >= 11 is 12.0. The molecule has 1 amide bonds. The minimum atomic E-state index is -0.427. The molecule has 4 rings (SSSR count). The Kier molecular flexibility index (Phi) is 4.90. The zero-order valence-corrected chi connectivity index (χ0v) is 15.9. The monoisotopic (exact) mass is 409 g/mol. The smallest absolute Gasteiger partial charge is 0.344 e. The highest BCUT2D eigenvalue weighted by atomic mass is 35.5. The molecule has 4 aromatic rings. The van der Waals surface area contributed by atoms with Crippen LogP contribution in [0.25, 0.3) is 22.1 Å². The van der Waals surface area contributed by atoms with Crippen molar-refractivity contribution >= 4 is 45.8 Å². The summed E-state index contributed by atoms with van der Waals surface area (Å²) < 4.78 is 5.37. The number of rotatable bonds is 3. The maximum atomic E-state index is 12.5. The van der Waals surface area contributed by atoms with E-state index in [0.29, 0.717) is 38.0 Å². The van der Waals surface area contributed by atoms with Crippen LogP contribution >= 0.6 is 23.2 Å². The molecule has 0 bridgehead atoms. The SMILES string of the molecule is O=C(Nc1ccc(Cl)cc1Cl)c1ccc(-c2cc3ccccc3oc2=O)cc1. The molecule has 1 N–H and O–H groups in total. The van der Waals surface area contributed by atoms with Crippen LogP contribution in [0.3, 0.4) is 0 Å². The zero-order valence-electron chi connectivity index (χ0n) is 14.4. The van der Waals surface area contributed by atoms with E-state index in [2.05, 4.69) is 5.32 Å². The Morgan fingerprint density at radius 1 is 0.893 bits per heavy atom. The van der Waals surface area contributed by atoms with Crippen LogP contribution in [0.5, 0.6) is 0 Å². The van der Waals surface area contributed by atoms with Gasteiger partial charge in [-0.1, -0.05) is 53.5 Å². The molecule has 0 radical (unpaired) electrons. The normalized spacial score (nSPS) is 10.8. The summed E-state index contributed by atoms with van der Waals surface area (Å²) in [7, 11) is 0. The van der Waals surface area contributed by atoms with Crippen LogP contribution in [0, 0.1) is 0 Å². The topological polar surface area (TPSA) is 59.3 Å². The van der Waals surface area contributed by atoms with E-state index in [1.54, 1.807) is 54.6 Å². The molecule has 0 atom stereocenters. The fourth-order valence-electron chi connectivity index (χ4n) is 2.85. The highest BCUT2D eigenvalue weighted by Gasteiger charge is 2.11. The second-order valence-electron chi connectivity index (χ2n) is 6.14. The van der Waals surface area contributed by atoms with Crippen LogP contribution < -0.4 is 10.9 Å². The lowest BCUT2D eigenvalue weighted by Crippen LogP contribution is -2.12. The molecule has 0 aliphatic heterocycles. The minimum absolute atomic E-state index is 0.318. The summed E-state index contributed by atoms with van der Waals surface area (Å²) in [4.78, 5) is 24.7. The number of fused-ring (bicyclic) bond motifs is 1. The van der Waals surface area contributed by atoms with Crippen molar-refractivity contribution in [1.82, 2.24) is 0 Å². The molecule has 4 nitrogen and oxygen atoms in total. The van der Waals surface area contributed by atoms with Gasteiger partial charge in [0.1, 0.15) is 5.58 Å². The molecule has 0 aliphatic rings. The molecule has 0 fully saturated rings. The number of benzene rings is 3. The molecule has 138 valence electrons. The number of anilines is 1. The Labute approximate surface area is 170 Å². The van der Waals surface area contributed by atoms with Gasteiger partial charge in [0, 0.05) is 16.0 Å². The first kappa shape index (κ1) is 18.3. The second kappa shape index (κ2) is 7.50. The van der Waals surface area contributed by atoms with Gasteiger partial charge in [0.25, 0.3) is 5.91 Å². The van der Waals surface area contributed by atoms with Gasteiger partial charge in [-0.15, -0.1) is 0 Å². The fraction of sp³-hybridized carbons (Fsp3) is 0. The molecule has 0 unspecified atom stereocenters. The minimum Gasteiger partial charge on any atom is -0.422 e. The quantitative estimate of drug-likeness (QED) is 0.420. The number of halogens is 2. The zero-order chi connectivity index (χ0) is 19.7. The van der Waals surface area contributed by atoms with Crippen molar-refractivity contribution in [1.29, 1.82) is 0 Å². The average Bonchev–Trinajstić information content (AvgIpc) is 2.69. The van der Waals surface area contributed by atoms with Gasteiger partial charge in [-0.25, -0.2) is 4.79 Å². The lowest BCUT2D eigenvalue weighted by molar-refractivity contribution is 0.102. The molecule has 3 aromatic carbocycles. The van der Waals surface area contributed by atoms with Gasteiger partial charge in [0.05, 0.1) is 16.3 Å². The Hall–Kier alpha value is -3.08. The molecule has 1 heterocycles. The Bertz CT molecular complexity index is 1250. The van der Waals surface area contributed by atoms with Crippen molar-refractivity contribution in [2.24, 2.45) is 0 Å². The highest BCUT2D eigenvalue weighted by molar-refractivity contribution is 6.36. The molecule has 6 heteroatoms. The Morgan fingerprint density at radius 3 is 2.39 bits per heavy atom. The number of carbonyl (C=O) groups is 1. The van der Waals surface area contributed by atoms with E-state index in [0.717, 1.165) is 5.39 Å². The number of nitrogens with one attached hydrogen (secondary N) is 1. The molecule has 0 saturated heterocycles. The van der Waals surface area contributed by atoms with Crippen molar-refractivity contribution in [3.05, 3.63) is 98.8 Å². The van der Waals surface area contributed by atoms with Crippen LogP contribution in [0.4, 0.5) is 5.69 Å². The van der Waals surface area contributed by atoms with E-state index in [4.69, 9.17) is 27.6 Å². The predicted octanol–water partition coefficient (Wildman–Crippen LogP) is 6.02. The summed E-state index contributed by atoms with van der Waals surface area (Å²) in [6.07, 6.45) is 0. The summed E-state index contributed by atoms with van der Waals surface area (Å²) in [6.45, 7) is 0. The van der Waals surface area contributed by atoms with Gasteiger partial charge < -0.3 is 9.73 Å². The first-order valence-corrected chi connectivity index (χ1v) is 9.16. The molecule has 0 saturated carbocycles. The number of para-hydroxylation sites is 1. The van der Waals surface area contributed by atoms with Crippen LogP contribution in [0.15, 0.2) is 82.0 Å². The van der Waals surface area contributed by atoms with Crippen LogP contribution in [-0.4, -0.2) is 5.91 Å². The lowest BCUT2D eigenvalue weighted by Gasteiger charge is -2.08. The largest absolute Gasteiger partial charge is 0.422 e. The summed E-state index contributed by atoms with van der Waals surface area (Å²) in [5, 5.41) is 4.41. The number of hydrogen-bond donors (Lipinski definition) is 1. The average molecular weight is 410 g/mol. The molecule has 0 aliphatic carbocycles. The van der Waals surface area contributed by atoms with E-state index < -0.39 is 5.63 Å². The predicted molar refractivity (Wildman–Crippen MR) is 112 cm³/mol. The molecule has 1 aromatic heterocycles. The number of amides is 1. The van der Waals surface area contributed by atoms with E-state index in [1.807, 2.05) is 18.2 Å². The van der Waals surface area contributed by atoms with Crippen molar-refractivity contribution < 1.29 is 9.21 Å². The number of carbonyl (C=O) groups excluding carboxylic acids is 1. The van der Waals surface area contributed by atoms with Gasteiger partial charge in [-0.2, -0.15) is 0 Å². The van der Waals surface area contributed by atoms with Gasteiger partial charge in [0.2, 0.25) is 0 Å². The third-order valence-corrected chi connectivity index (χ3v) is 4.83. The third-order valence-electron chi connectivity index (χ3n) is 4.28. The van der Waals surface area contributed by atoms with Gasteiger partial charge in [-0.3, -0.25) is 4.79 Å². The molecule has 0 spiro atoms. The summed E-state index contributed by atoms with van der Waals surface area (Å²) in [5.74, 6) is -0.318. The van der Waals surface area contributed by atoms with Crippen molar-refractivity contribution in [2.45, 2.75) is 0 Å². The van der Waals surface area contributed by atoms with E-state index in [9.17, 15) is 9.59 Å². The fourth-order valence-corrected chi connectivity index (χ4v) is 3.31. The number of hydrogen-bond acceptors (Lipinski definition) is 3. The molecule has 28 heavy (non-hydrogen) atoms. The lowest BCUT2D eigenvalue weighted by atomic mass is 10.0. The van der Waals surface area contributed by atoms with E-state index in [1.165, 1.54) is 0 Å².